The second-order valence-corrected chi connectivity index (χ2v) is 2.80. The van der Waals surface area contributed by atoms with E-state index in [0.717, 1.165) is 6.42 Å². The minimum Gasteiger partial charge on any atom is -0.361 e. The topological polar surface area (TPSA) is 15.8 Å². The molecule has 2 aromatic rings. The molecule has 0 aliphatic rings. The molecule has 0 spiro atoms. The summed E-state index contributed by atoms with van der Waals surface area (Å²) in [6.45, 7) is 5.37. The maximum atomic E-state index is 5.37. The van der Waals surface area contributed by atoms with Crippen LogP contribution in [-0.2, 0) is 6.42 Å². The maximum absolute atomic E-state index is 5.37. The van der Waals surface area contributed by atoms with Gasteiger partial charge in [-0.2, -0.15) is 0 Å². The Morgan fingerprint density at radius 1 is 1.33 bits per heavy atom. The quantitative estimate of drug-likeness (QED) is 0.688. The molecule has 1 radical (unpaired) electrons. The van der Waals surface area contributed by atoms with Crippen molar-refractivity contribution >= 4 is 10.9 Å². The molecule has 1 aromatic heterocycles. The largest absolute Gasteiger partial charge is 0.361 e. The van der Waals surface area contributed by atoms with Crippen LogP contribution in [0.1, 0.15) is 5.56 Å². The molecule has 0 saturated carbocycles. The van der Waals surface area contributed by atoms with Crippen LogP contribution in [0.25, 0.3) is 10.9 Å². The number of H-pyrrole nitrogens is 1. The Bertz CT molecular complexity index is 398. The lowest BCUT2D eigenvalue weighted by molar-refractivity contribution is 1.29. The maximum Gasteiger partial charge on any atom is 0.0456 e. The molecule has 0 atom stereocenters. The van der Waals surface area contributed by atoms with Crippen molar-refractivity contribution in [2.45, 2.75) is 6.42 Å². The van der Waals surface area contributed by atoms with Gasteiger partial charge in [0.15, 0.2) is 0 Å². The Kier molecular flexibility index (Phi) is 1.71. The van der Waals surface area contributed by atoms with Gasteiger partial charge in [0.2, 0.25) is 0 Å². The van der Waals surface area contributed by atoms with Crippen LogP contribution in [0.5, 0.6) is 0 Å². The lowest BCUT2D eigenvalue weighted by atomic mass is 10.1. The highest BCUT2D eigenvalue weighted by molar-refractivity contribution is 5.83. The number of hydrogen-bond donors (Lipinski definition) is 1. The van der Waals surface area contributed by atoms with Crippen molar-refractivity contribution in [2.24, 2.45) is 0 Å². The Balaban J connectivity index is 2.62. The van der Waals surface area contributed by atoms with E-state index in [0.29, 0.717) is 0 Å². The predicted molar refractivity (Wildman–Crippen MR) is 50.9 cm³/mol. The molecule has 0 amide bonds. The van der Waals surface area contributed by atoms with Crippen LogP contribution < -0.4 is 0 Å². The van der Waals surface area contributed by atoms with E-state index >= 15 is 0 Å². The zero-order chi connectivity index (χ0) is 8.39. The van der Waals surface area contributed by atoms with Crippen molar-refractivity contribution in [1.82, 2.24) is 4.98 Å². The molecule has 1 heterocycles. The molecule has 59 valence electrons. The van der Waals surface area contributed by atoms with Crippen LogP contribution >= 0.6 is 0 Å². The Labute approximate surface area is 71.7 Å². The van der Waals surface area contributed by atoms with Gasteiger partial charge in [-0.05, 0) is 18.1 Å². The molecule has 0 bridgehead atoms. The normalized spacial score (nSPS) is 10.3. The first-order chi connectivity index (χ1) is 5.92. The first kappa shape index (κ1) is 7.17. The number of aromatic nitrogens is 1. The van der Waals surface area contributed by atoms with Crippen LogP contribution in [-0.4, -0.2) is 4.98 Å². The van der Waals surface area contributed by atoms with Crippen LogP contribution in [0.4, 0.5) is 0 Å². The van der Waals surface area contributed by atoms with Gasteiger partial charge in [-0.25, -0.2) is 0 Å². The molecule has 1 nitrogen and oxygen atoms in total. The number of hydrogen-bond acceptors (Lipinski definition) is 0. The molecular formula is C11H10N. The van der Waals surface area contributed by atoms with Crippen molar-refractivity contribution in [3.05, 3.63) is 48.7 Å². The zero-order valence-corrected chi connectivity index (χ0v) is 6.75. The summed E-state index contributed by atoms with van der Waals surface area (Å²) in [5, 5.41) is 1.26. The molecule has 0 saturated heterocycles. The first-order valence-corrected chi connectivity index (χ1v) is 4.00. The zero-order valence-electron chi connectivity index (χ0n) is 6.75. The van der Waals surface area contributed by atoms with Gasteiger partial charge in [0, 0.05) is 17.1 Å². The average molecular weight is 156 g/mol. The van der Waals surface area contributed by atoms with E-state index in [-0.39, 0.29) is 0 Å². The van der Waals surface area contributed by atoms with E-state index in [1.807, 2.05) is 18.3 Å². The van der Waals surface area contributed by atoms with E-state index in [2.05, 4.69) is 17.1 Å². The highest BCUT2D eigenvalue weighted by Crippen LogP contribution is 2.17. The van der Waals surface area contributed by atoms with Crippen molar-refractivity contribution in [2.75, 3.05) is 0 Å². The summed E-state index contributed by atoms with van der Waals surface area (Å²) in [5.41, 5.74) is 2.43. The summed E-state index contributed by atoms with van der Waals surface area (Å²) in [4.78, 5) is 3.20. The first-order valence-electron chi connectivity index (χ1n) is 4.00. The third kappa shape index (κ3) is 1.03. The molecular weight excluding hydrogens is 146 g/mol. The number of allylic oxidation sites excluding steroid dienone is 1. The Hall–Kier alpha value is -1.50. The van der Waals surface area contributed by atoms with Gasteiger partial charge in [0.1, 0.15) is 0 Å². The smallest absolute Gasteiger partial charge is 0.0456 e. The second-order valence-electron chi connectivity index (χ2n) is 2.80. The highest BCUT2D eigenvalue weighted by atomic mass is 14.7. The van der Waals surface area contributed by atoms with Gasteiger partial charge in [-0.3, -0.25) is 0 Å². The number of fused-ring (bicyclic) bond motifs is 1. The fourth-order valence-electron chi connectivity index (χ4n) is 1.43. The SMILES string of the molecule is [CH]=CCc1c[nH]c2ccccc12. The molecule has 1 aromatic carbocycles. The number of rotatable bonds is 2. The van der Waals surface area contributed by atoms with Crippen LogP contribution in [0, 0.1) is 6.58 Å². The van der Waals surface area contributed by atoms with Crippen molar-refractivity contribution < 1.29 is 0 Å². The third-order valence-electron chi connectivity index (χ3n) is 2.01. The molecule has 2 rings (SSSR count). The van der Waals surface area contributed by atoms with Crippen molar-refractivity contribution in [3.8, 4) is 0 Å². The van der Waals surface area contributed by atoms with Gasteiger partial charge in [-0.15, -0.1) is 0 Å². The van der Waals surface area contributed by atoms with E-state index in [4.69, 9.17) is 6.58 Å². The Morgan fingerprint density at radius 3 is 3.00 bits per heavy atom. The van der Waals surface area contributed by atoms with Gasteiger partial charge in [0.05, 0.1) is 0 Å². The summed E-state index contributed by atoms with van der Waals surface area (Å²) in [6.07, 6.45) is 4.51. The monoisotopic (exact) mass is 156 g/mol. The molecule has 0 fully saturated rings. The summed E-state index contributed by atoms with van der Waals surface area (Å²) < 4.78 is 0. The molecule has 0 aliphatic carbocycles. The van der Waals surface area contributed by atoms with E-state index < -0.39 is 0 Å². The molecule has 12 heavy (non-hydrogen) atoms. The molecule has 1 N–H and O–H groups in total. The van der Waals surface area contributed by atoms with Gasteiger partial charge in [0.25, 0.3) is 0 Å². The average Bonchev–Trinajstić information content (AvgIpc) is 2.50. The molecule has 1 heteroatoms. The molecule has 0 aliphatic heterocycles. The summed E-state index contributed by atoms with van der Waals surface area (Å²) >= 11 is 0. The minimum atomic E-state index is 0.823. The lowest BCUT2D eigenvalue weighted by Crippen LogP contribution is -1.75. The standard InChI is InChI=1S/C11H10N/c1-2-5-9-8-12-11-7-4-3-6-10(9)11/h1-4,6-8,12H,5H2. The van der Waals surface area contributed by atoms with E-state index in [1.54, 1.807) is 6.08 Å². The van der Waals surface area contributed by atoms with Crippen LogP contribution in [0.3, 0.4) is 0 Å². The Morgan fingerprint density at radius 2 is 2.17 bits per heavy atom. The molecule has 0 unspecified atom stereocenters. The highest BCUT2D eigenvalue weighted by Gasteiger charge is 1.98. The van der Waals surface area contributed by atoms with Gasteiger partial charge >= 0.3 is 0 Å². The fourth-order valence-corrected chi connectivity index (χ4v) is 1.43. The summed E-state index contributed by atoms with van der Waals surface area (Å²) in [5.74, 6) is 0. The number of para-hydroxylation sites is 1. The number of aromatic amines is 1. The van der Waals surface area contributed by atoms with Gasteiger partial charge < -0.3 is 4.98 Å². The minimum absolute atomic E-state index is 0.823. The van der Waals surface area contributed by atoms with Crippen LogP contribution in [0.2, 0.25) is 0 Å². The summed E-state index contributed by atoms with van der Waals surface area (Å²) in [7, 11) is 0. The third-order valence-corrected chi connectivity index (χ3v) is 2.01. The van der Waals surface area contributed by atoms with Gasteiger partial charge in [-0.1, -0.05) is 30.9 Å². The van der Waals surface area contributed by atoms with Crippen molar-refractivity contribution in [3.63, 3.8) is 0 Å². The predicted octanol–water partition coefficient (Wildman–Crippen LogP) is 2.70. The number of nitrogens with one attached hydrogen (secondary N) is 1. The van der Waals surface area contributed by atoms with Crippen LogP contribution in [0.15, 0.2) is 36.5 Å². The number of benzene rings is 1. The lowest BCUT2D eigenvalue weighted by Gasteiger charge is -1.91. The summed E-state index contributed by atoms with van der Waals surface area (Å²) in [6, 6.07) is 8.23. The van der Waals surface area contributed by atoms with E-state index in [1.165, 1.54) is 16.5 Å². The van der Waals surface area contributed by atoms with Crippen molar-refractivity contribution in [1.29, 1.82) is 0 Å². The van der Waals surface area contributed by atoms with E-state index in [9.17, 15) is 0 Å². The second kappa shape index (κ2) is 2.86. The fraction of sp³-hybridized carbons (Fsp3) is 0.0909.